The van der Waals surface area contributed by atoms with Crippen LogP contribution in [0.3, 0.4) is 0 Å². The lowest BCUT2D eigenvalue weighted by Crippen LogP contribution is -2.42. The number of amides is 1. The highest BCUT2D eigenvalue weighted by Gasteiger charge is 2.39. The van der Waals surface area contributed by atoms with Crippen LogP contribution in [0.25, 0.3) is 0 Å². The summed E-state index contributed by atoms with van der Waals surface area (Å²) >= 11 is 0. The summed E-state index contributed by atoms with van der Waals surface area (Å²) in [6.07, 6.45) is 2.10. The molecule has 4 nitrogen and oxygen atoms in total. The van der Waals surface area contributed by atoms with Gasteiger partial charge in [0.25, 0.3) is 0 Å². The van der Waals surface area contributed by atoms with E-state index >= 15 is 0 Å². The Hall–Kier alpha value is -1.55. The molecule has 3 rings (SSSR count). The topological polar surface area (TPSA) is 32.8 Å². The van der Waals surface area contributed by atoms with Gasteiger partial charge in [-0.2, -0.15) is 0 Å². The van der Waals surface area contributed by atoms with Crippen molar-refractivity contribution in [3.63, 3.8) is 0 Å². The lowest BCUT2D eigenvalue weighted by Gasteiger charge is -2.30. The molecule has 1 heterocycles. The Morgan fingerprint density at radius 1 is 1.20 bits per heavy atom. The number of likely N-dealkylation sites (tertiary alicyclic amines) is 1. The van der Waals surface area contributed by atoms with E-state index in [1.807, 2.05) is 25.7 Å². The van der Waals surface area contributed by atoms with Gasteiger partial charge in [0.1, 0.15) is 5.60 Å². The first-order valence-corrected chi connectivity index (χ1v) is 9.58. The third kappa shape index (κ3) is 5.21. The van der Waals surface area contributed by atoms with Gasteiger partial charge in [-0.05, 0) is 51.0 Å². The second-order valence-corrected chi connectivity index (χ2v) is 8.78. The molecule has 2 aliphatic rings. The molecule has 2 atom stereocenters. The van der Waals surface area contributed by atoms with Crippen LogP contribution in [0, 0.1) is 11.8 Å². The van der Waals surface area contributed by atoms with Crippen LogP contribution in [0.5, 0.6) is 0 Å². The van der Waals surface area contributed by atoms with Crippen molar-refractivity contribution in [3.05, 3.63) is 35.9 Å². The Kier molecular flexibility index (Phi) is 5.38. The molecule has 138 valence electrons. The SMILES string of the molecule is C[C@@H]1CN(Cc2ccccc2)C[C@H]1CN(C(=O)OC(C)(C)C)C1CC1. The summed E-state index contributed by atoms with van der Waals surface area (Å²) in [5.74, 6) is 1.13. The smallest absolute Gasteiger partial charge is 0.410 e. The van der Waals surface area contributed by atoms with Crippen molar-refractivity contribution < 1.29 is 9.53 Å². The van der Waals surface area contributed by atoms with Crippen molar-refractivity contribution in [2.75, 3.05) is 19.6 Å². The number of ether oxygens (including phenoxy) is 1. The van der Waals surface area contributed by atoms with Crippen molar-refractivity contribution >= 4 is 6.09 Å². The van der Waals surface area contributed by atoms with Crippen LogP contribution in [-0.2, 0) is 11.3 Å². The van der Waals surface area contributed by atoms with Crippen molar-refractivity contribution in [2.45, 2.75) is 58.7 Å². The van der Waals surface area contributed by atoms with Crippen molar-refractivity contribution in [3.8, 4) is 0 Å². The fourth-order valence-corrected chi connectivity index (χ4v) is 3.68. The number of nitrogens with zero attached hydrogens (tertiary/aromatic N) is 2. The molecule has 25 heavy (non-hydrogen) atoms. The highest BCUT2D eigenvalue weighted by molar-refractivity contribution is 5.69. The summed E-state index contributed by atoms with van der Waals surface area (Å²) in [5.41, 5.74) is 0.937. The molecule has 1 saturated heterocycles. The van der Waals surface area contributed by atoms with Gasteiger partial charge in [0, 0.05) is 32.2 Å². The molecular weight excluding hydrogens is 312 g/mol. The fraction of sp³-hybridized carbons (Fsp3) is 0.667. The van der Waals surface area contributed by atoms with Crippen LogP contribution in [0.4, 0.5) is 4.79 Å². The maximum atomic E-state index is 12.6. The Balaban J connectivity index is 1.58. The second kappa shape index (κ2) is 7.36. The molecule has 1 aliphatic heterocycles. The number of hydrogen-bond donors (Lipinski definition) is 0. The average molecular weight is 344 g/mol. The highest BCUT2D eigenvalue weighted by atomic mass is 16.6. The first-order valence-electron chi connectivity index (χ1n) is 9.58. The molecular formula is C21H32N2O2. The number of rotatable bonds is 5. The van der Waals surface area contributed by atoms with Gasteiger partial charge in [-0.1, -0.05) is 37.3 Å². The standard InChI is InChI=1S/C21H32N2O2/c1-16-12-22(13-17-8-6-5-7-9-17)14-18(16)15-23(19-10-11-19)20(24)25-21(2,3)4/h5-9,16,18-19H,10-15H2,1-4H3/t16-,18+/m1/s1. The molecule has 0 bridgehead atoms. The van der Waals surface area contributed by atoms with Crippen molar-refractivity contribution in [1.82, 2.24) is 9.80 Å². The molecule has 1 aliphatic carbocycles. The molecule has 1 amide bonds. The van der Waals surface area contributed by atoms with E-state index in [1.165, 1.54) is 5.56 Å². The third-order valence-corrected chi connectivity index (χ3v) is 5.14. The number of benzene rings is 1. The fourth-order valence-electron chi connectivity index (χ4n) is 3.68. The molecule has 0 aromatic heterocycles. The molecule has 2 fully saturated rings. The van der Waals surface area contributed by atoms with Gasteiger partial charge in [-0.25, -0.2) is 4.79 Å². The quantitative estimate of drug-likeness (QED) is 0.804. The van der Waals surface area contributed by atoms with E-state index in [0.717, 1.165) is 39.0 Å². The highest BCUT2D eigenvalue weighted by Crippen LogP contribution is 2.32. The molecule has 1 aromatic carbocycles. The Morgan fingerprint density at radius 3 is 2.48 bits per heavy atom. The van der Waals surface area contributed by atoms with Crippen LogP contribution < -0.4 is 0 Å². The maximum absolute atomic E-state index is 12.6. The molecule has 0 spiro atoms. The van der Waals surface area contributed by atoms with Crippen molar-refractivity contribution in [1.29, 1.82) is 0 Å². The van der Waals surface area contributed by atoms with E-state index in [4.69, 9.17) is 4.74 Å². The van der Waals surface area contributed by atoms with E-state index in [2.05, 4.69) is 42.2 Å². The summed E-state index contributed by atoms with van der Waals surface area (Å²) in [6.45, 7) is 12.1. The van der Waals surface area contributed by atoms with Crippen LogP contribution in [0.15, 0.2) is 30.3 Å². The second-order valence-electron chi connectivity index (χ2n) is 8.78. The molecule has 0 radical (unpaired) electrons. The van der Waals surface area contributed by atoms with Gasteiger partial charge in [-0.3, -0.25) is 4.90 Å². The van der Waals surface area contributed by atoms with Gasteiger partial charge in [-0.15, -0.1) is 0 Å². The zero-order valence-electron chi connectivity index (χ0n) is 16.1. The minimum absolute atomic E-state index is 0.135. The van der Waals surface area contributed by atoms with Gasteiger partial charge in [0.15, 0.2) is 0 Å². The van der Waals surface area contributed by atoms with Crippen LogP contribution >= 0.6 is 0 Å². The van der Waals surface area contributed by atoms with Gasteiger partial charge >= 0.3 is 6.09 Å². The first kappa shape index (κ1) is 18.2. The Labute approximate surface area is 152 Å². The van der Waals surface area contributed by atoms with Gasteiger partial charge < -0.3 is 9.64 Å². The van der Waals surface area contributed by atoms with Gasteiger partial charge in [0.05, 0.1) is 0 Å². The van der Waals surface area contributed by atoms with Crippen molar-refractivity contribution in [2.24, 2.45) is 11.8 Å². The summed E-state index contributed by atoms with van der Waals surface area (Å²) in [4.78, 5) is 17.1. The first-order chi connectivity index (χ1) is 11.8. The maximum Gasteiger partial charge on any atom is 0.410 e. The number of carbonyl (C=O) groups is 1. The Morgan fingerprint density at radius 2 is 1.88 bits per heavy atom. The van der Waals surface area contributed by atoms with E-state index in [-0.39, 0.29) is 6.09 Å². The normalized spacial score (nSPS) is 24.3. The summed E-state index contributed by atoms with van der Waals surface area (Å²) in [7, 11) is 0. The Bertz CT molecular complexity index is 577. The zero-order valence-corrected chi connectivity index (χ0v) is 16.1. The monoisotopic (exact) mass is 344 g/mol. The molecule has 1 saturated carbocycles. The zero-order chi connectivity index (χ0) is 18.0. The van der Waals surface area contributed by atoms with E-state index in [1.54, 1.807) is 0 Å². The van der Waals surface area contributed by atoms with Crippen LogP contribution in [-0.4, -0.2) is 47.2 Å². The largest absolute Gasteiger partial charge is 0.444 e. The summed E-state index contributed by atoms with van der Waals surface area (Å²) in [5, 5.41) is 0. The number of carbonyl (C=O) groups excluding carboxylic acids is 1. The van der Waals surface area contributed by atoms with Gasteiger partial charge in [0.2, 0.25) is 0 Å². The predicted molar refractivity (Wildman–Crippen MR) is 100 cm³/mol. The molecule has 0 N–H and O–H groups in total. The van der Waals surface area contributed by atoms with E-state index in [0.29, 0.717) is 17.9 Å². The molecule has 0 unspecified atom stereocenters. The summed E-state index contributed by atoms with van der Waals surface area (Å²) in [6, 6.07) is 11.0. The lowest BCUT2D eigenvalue weighted by atomic mass is 9.97. The van der Waals surface area contributed by atoms with Crippen LogP contribution in [0.2, 0.25) is 0 Å². The average Bonchev–Trinajstić information content (AvgIpc) is 3.29. The number of hydrogen-bond acceptors (Lipinski definition) is 3. The van der Waals surface area contributed by atoms with E-state index < -0.39 is 5.60 Å². The lowest BCUT2D eigenvalue weighted by molar-refractivity contribution is 0.0195. The molecule has 4 heteroatoms. The third-order valence-electron chi connectivity index (χ3n) is 5.14. The minimum Gasteiger partial charge on any atom is -0.444 e. The van der Waals surface area contributed by atoms with Crippen LogP contribution in [0.1, 0.15) is 46.1 Å². The summed E-state index contributed by atoms with van der Waals surface area (Å²) < 4.78 is 5.64. The minimum atomic E-state index is -0.426. The van der Waals surface area contributed by atoms with E-state index in [9.17, 15) is 4.79 Å². The molecule has 1 aromatic rings. The predicted octanol–water partition coefficient (Wildman–Crippen LogP) is 4.15.